The minimum atomic E-state index is 0.00716. The minimum Gasteiger partial charge on any atom is -0.489 e. The van der Waals surface area contributed by atoms with E-state index < -0.39 is 0 Å². The molecule has 1 aliphatic rings. The van der Waals surface area contributed by atoms with Crippen molar-refractivity contribution < 1.29 is 9.53 Å². The number of hydrogen-bond acceptors (Lipinski definition) is 3. The Morgan fingerprint density at radius 2 is 2.00 bits per heavy atom. The maximum Gasteiger partial charge on any atom is 0.243 e. The lowest BCUT2D eigenvalue weighted by Gasteiger charge is -2.06. The van der Waals surface area contributed by atoms with Crippen molar-refractivity contribution in [3.8, 4) is 5.75 Å². The van der Waals surface area contributed by atoms with Gasteiger partial charge in [-0.1, -0.05) is 42.5 Å². The van der Waals surface area contributed by atoms with Crippen molar-refractivity contribution in [1.82, 2.24) is 5.43 Å². The second-order valence-electron chi connectivity index (χ2n) is 5.36. The molecule has 1 saturated carbocycles. The largest absolute Gasteiger partial charge is 0.489 e. The van der Waals surface area contributed by atoms with Gasteiger partial charge in [-0.15, -0.1) is 0 Å². The van der Waals surface area contributed by atoms with Crippen LogP contribution in [0.25, 0.3) is 0 Å². The van der Waals surface area contributed by atoms with Gasteiger partial charge in [0.05, 0.1) is 6.21 Å². The monoisotopic (exact) mass is 294 g/mol. The first-order valence-electron chi connectivity index (χ1n) is 7.41. The summed E-state index contributed by atoms with van der Waals surface area (Å²) in [5, 5.41) is 3.98. The first-order valence-corrected chi connectivity index (χ1v) is 7.41. The molecule has 0 aliphatic heterocycles. The topological polar surface area (TPSA) is 50.7 Å². The fraction of sp³-hybridized carbons (Fsp3) is 0.222. The summed E-state index contributed by atoms with van der Waals surface area (Å²) in [6.45, 7) is 0.528. The summed E-state index contributed by atoms with van der Waals surface area (Å²) < 4.78 is 5.76. The molecule has 4 nitrogen and oxygen atoms in total. The Bertz CT molecular complexity index is 664. The summed E-state index contributed by atoms with van der Waals surface area (Å²) >= 11 is 0. The van der Waals surface area contributed by atoms with E-state index in [-0.39, 0.29) is 11.8 Å². The Hall–Kier alpha value is -2.62. The molecular weight excluding hydrogens is 276 g/mol. The minimum absolute atomic E-state index is 0.00716. The maximum atomic E-state index is 11.5. The van der Waals surface area contributed by atoms with E-state index in [4.69, 9.17) is 4.74 Å². The summed E-state index contributed by atoms with van der Waals surface area (Å²) in [5.74, 6) is 0.951. The highest BCUT2D eigenvalue weighted by Gasteiger charge is 2.29. The molecule has 0 aromatic heterocycles. The molecule has 0 radical (unpaired) electrons. The maximum absolute atomic E-state index is 11.5. The number of ether oxygens (including phenoxy) is 1. The molecule has 1 amide bonds. The average Bonchev–Trinajstić information content (AvgIpc) is 3.39. The lowest BCUT2D eigenvalue weighted by Crippen LogP contribution is -2.18. The Balaban J connectivity index is 1.55. The van der Waals surface area contributed by atoms with Crippen molar-refractivity contribution in [1.29, 1.82) is 0 Å². The Kier molecular flexibility index (Phi) is 4.49. The molecule has 1 aliphatic carbocycles. The molecular formula is C18H18N2O2. The van der Waals surface area contributed by atoms with Gasteiger partial charge in [0.1, 0.15) is 12.4 Å². The SMILES string of the molecule is O=C(N/N=C\c1cccc(OCc2ccccc2)c1)C1CC1. The highest BCUT2D eigenvalue weighted by Crippen LogP contribution is 2.28. The zero-order valence-electron chi connectivity index (χ0n) is 12.2. The number of hydrazone groups is 1. The molecule has 1 N–H and O–H groups in total. The van der Waals surface area contributed by atoms with Crippen LogP contribution >= 0.6 is 0 Å². The molecule has 4 heteroatoms. The smallest absolute Gasteiger partial charge is 0.243 e. The Morgan fingerprint density at radius 1 is 1.18 bits per heavy atom. The number of amides is 1. The van der Waals surface area contributed by atoms with Crippen molar-refractivity contribution in [2.75, 3.05) is 0 Å². The van der Waals surface area contributed by atoms with Gasteiger partial charge in [0.25, 0.3) is 0 Å². The number of hydrogen-bond donors (Lipinski definition) is 1. The second kappa shape index (κ2) is 6.89. The number of carbonyl (C=O) groups excluding carboxylic acids is 1. The van der Waals surface area contributed by atoms with Gasteiger partial charge in [0.15, 0.2) is 0 Å². The van der Waals surface area contributed by atoms with Gasteiger partial charge in [-0.25, -0.2) is 5.43 Å². The van der Waals surface area contributed by atoms with E-state index in [9.17, 15) is 4.79 Å². The molecule has 112 valence electrons. The van der Waals surface area contributed by atoms with Gasteiger partial charge in [0, 0.05) is 5.92 Å². The number of rotatable bonds is 6. The van der Waals surface area contributed by atoms with Crippen LogP contribution in [0.1, 0.15) is 24.0 Å². The molecule has 0 saturated heterocycles. The third-order valence-electron chi connectivity index (χ3n) is 3.44. The van der Waals surface area contributed by atoms with E-state index in [1.807, 2.05) is 54.6 Å². The van der Waals surface area contributed by atoms with E-state index >= 15 is 0 Å². The molecule has 2 aromatic carbocycles. The molecule has 0 unspecified atom stereocenters. The lowest BCUT2D eigenvalue weighted by atomic mass is 10.2. The molecule has 0 heterocycles. The number of nitrogens with zero attached hydrogens (tertiary/aromatic N) is 1. The zero-order valence-corrected chi connectivity index (χ0v) is 12.2. The molecule has 3 rings (SSSR count). The van der Waals surface area contributed by atoms with Crippen molar-refractivity contribution >= 4 is 12.1 Å². The molecule has 22 heavy (non-hydrogen) atoms. The van der Waals surface area contributed by atoms with E-state index in [1.165, 1.54) is 0 Å². The van der Waals surface area contributed by atoms with Gasteiger partial charge in [-0.3, -0.25) is 4.79 Å². The predicted octanol–water partition coefficient (Wildman–Crippen LogP) is 3.13. The average molecular weight is 294 g/mol. The van der Waals surface area contributed by atoms with Gasteiger partial charge in [-0.2, -0.15) is 5.10 Å². The van der Waals surface area contributed by atoms with Crippen molar-refractivity contribution in [2.45, 2.75) is 19.4 Å². The van der Waals surface area contributed by atoms with Gasteiger partial charge in [0.2, 0.25) is 5.91 Å². The van der Waals surface area contributed by atoms with Crippen LogP contribution in [0.15, 0.2) is 59.7 Å². The summed E-state index contributed by atoms with van der Waals surface area (Å²) in [4.78, 5) is 11.5. The standard InChI is InChI=1S/C18H18N2O2/c21-18(16-9-10-16)20-19-12-15-7-4-8-17(11-15)22-13-14-5-2-1-3-6-14/h1-8,11-12,16H,9-10,13H2,(H,20,21)/b19-12-. The van der Waals surface area contributed by atoms with E-state index in [0.717, 1.165) is 29.7 Å². The quantitative estimate of drug-likeness (QED) is 0.657. The Morgan fingerprint density at radius 3 is 2.77 bits per heavy atom. The fourth-order valence-corrected chi connectivity index (χ4v) is 2.03. The first kappa shape index (κ1) is 14.3. The van der Waals surface area contributed by atoms with Crippen molar-refractivity contribution in [2.24, 2.45) is 11.0 Å². The van der Waals surface area contributed by atoms with Crippen molar-refractivity contribution in [3.05, 3.63) is 65.7 Å². The second-order valence-corrected chi connectivity index (χ2v) is 5.36. The van der Waals surface area contributed by atoms with Crippen LogP contribution in [-0.2, 0) is 11.4 Å². The van der Waals surface area contributed by atoms with Crippen LogP contribution in [-0.4, -0.2) is 12.1 Å². The molecule has 0 bridgehead atoms. The molecule has 0 atom stereocenters. The number of carbonyl (C=O) groups is 1. The van der Waals surface area contributed by atoms with Gasteiger partial charge < -0.3 is 4.74 Å². The third kappa shape index (κ3) is 4.19. The van der Waals surface area contributed by atoms with Crippen LogP contribution in [0.5, 0.6) is 5.75 Å². The Labute approximate surface area is 129 Å². The molecule has 1 fully saturated rings. The van der Waals surface area contributed by atoms with Gasteiger partial charge in [-0.05, 0) is 36.1 Å². The summed E-state index contributed by atoms with van der Waals surface area (Å²) in [5.41, 5.74) is 4.57. The normalized spacial score (nSPS) is 14.0. The van der Waals surface area contributed by atoms with Crippen LogP contribution in [0.4, 0.5) is 0 Å². The molecule has 2 aromatic rings. The van der Waals surface area contributed by atoms with E-state index in [1.54, 1.807) is 6.21 Å². The third-order valence-corrected chi connectivity index (χ3v) is 3.44. The number of nitrogens with one attached hydrogen (secondary N) is 1. The highest BCUT2D eigenvalue weighted by atomic mass is 16.5. The van der Waals surface area contributed by atoms with Crippen LogP contribution < -0.4 is 10.2 Å². The summed E-state index contributed by atoms with van der Waals surface area (Å²) in [6.07, 6.45) is 3.59. The molecule has 0 spiro atoms. The first-order chi connectivity index (χ1) is 10.8. The van der Waals surface area contributed by atoms with Gasteiger partial charge >= 0.3 is 0 Å². The fourth-order valence-electron chi connectivity index (χ4n) is 2.03. The predicted molar refractivity (Wildman–Crippen MR) is 85.7 cm³/mol. The van der Waals surface area contributed by atoms with E-state index in [0.29, 0.717) is 6.61 Å². The van der Waals surface area contributed by atoms with Crippen LogP contribution in [0.2, 0.25) is 0 Å². The summed E-state index contributed by atoms with van der Waals surface area (Å²) in [7, 11) is 0. The highest BCUT2D eigenvalue weighted by molar-refractivity contribution is 5.84. The van der Waals surface area contributed by atoms with Crippen LogP contribution in [0.3, 0.4) is 0 Å². The van der Waals surface area contributed by atoms with Crippen molar-refractivity contribution in [3.63, 3.8) is 0 Å². The number of benzene rings is 2. The summed E-state index contributed by atoms with van der Waals surface area (Å²) in [6, 6.07) is 17.6. The zero-order chi connectivity index (χ0) is 15.2. The van der Waals surface area contributed by atoms with Crippen LogP contribution in [0, 0.1) is 5.92 Å². The van der Waals surface area contributed by atoms with E-state index in [2.05, 4.69) is 10.5 Å². The lowest BCUT2D eigenvalue weighted by molar-refractivity contribution is -0.122.